The average Bonchev–Trinajstić information content (AvgIpc) is 3.07. The highest BCUT2D eigenvalue weighted by Gasteiger charge is 2.20. The lowest BCUT2D eigenvalue weighted by Crippen LogP contribution is -2.34. The third-order valence-corrected chi connectivity index (χ3v) is 5.23. The van der Waals surface area contributed by atoms with E-state index in [-0.39, 0.29) is 12.1 Å². The van der Waals surface area contributed by atoms with Crippen molar-refractivity contribution in [1.29, 1.82) is 5.41 Å². The highest BCUT2D eigenvalue weighted by Crippen LogP contribution is 2.22. The summed E-state index contributed by atoms with van der Waals surface area (Å²) < 4.78 is 5.27. The molecule has 0 radical (unpaired) electrons. The molecule has 1 aromatic heterocycles. The number of esters is 1. The molecule has 166 valence electrons. The molecule has 1 heterocycles. The number of nitrogens with one attached hydrogen (secondary N) is 3. The molecule has 3 aromatic rings. The Labute approximate surface area is 187 Å². The zero-order valence-corrected chi connectivity index (χ0v) is 18.8. The summed E-state index contributed by atoms with van der Waals surface area (Å²) in [7, 11) is 1.57. The third kappa shape index (κ3) is 5.24. The molecule has 0 atom stereocenters. The Bertz CT molecular complexity index is 1180. The number of hydrogen-bond acceptors (Lipinski definition) is 5. The molecule has 0 bridgehead atoms. The number of amides is 1. The van der Waals surface area contributed by atoms with Gasteiger partial charge < -0.3 is 25.3 Å². The van der Waals surface area contributed by atoms with Crippen LogP contribution in [0.5, 0.6) is 0 Å². The number of fused-ring (bicyclic) bond motifs is 1. The molecular weight excluding hydrogens is 404 g/mol. The first-order valence-electron chi connectivity index (χ1n) is 10.3. The molecule has 0 aliphatic carbocycles. The molecule has 0 saturated heterocycles. The number of nitrogens with zero attached hydrogens (tertiary/aromatic N) is 1. The van der Waals surface area contributed by atoms with Gasteiger partial charge in [0.05, 0.1) is 17.8 Å². The Balaban J connectivity index is 1.65. The predicted octanol–water partition coefficient (Wildman–Crippen LogP) is 4.40. The summed E-state index contributed by atoms with van der Waals surface area (Å²) in [5.41, 5.74) is 4.89. The maximum Gasteiger partial charge on any atom is 0.310 e. The summed E-state index contributed by atoms with van der Waals surface area (Å²) in [4.78, 5) is 29.8. The molecule has 0 fully saturated rings. The molecule has 3 N–H and O–H groups in total. The largest absolute Gasteiger partial charge is 0.455 e. The van der Waals surface area contributed by atoms with Crippen molar-refractivity contribution in [2.75, 3.05) is 19.0 Å². The average molecular weight is 433 g/mol. The Kier molecular flexibility index (Phi) is 7.10. The van der Waals surface area contributed by atoms with Crippen molar-refractivity contribution in [1.82, 2.24) is 9.88 Å². The van der Waals surface area contributed by atoms with Crippen LogP contribution in [-0.4, -0.2) is 41.1 Å². The number of aromatic amines is 1. The number of rotatable bonds is 8. The highest BCUT2D eigenvalue weighted by molar-refractivity contribution is 6.00. The van der Waals surface area contributed by atoms with E-state index in [0.29, 0.717) is 11.4 Å². The van der Waals surface area contributed by atoms with E-state index in [1.807, 2.05) is 61.5 Å². The molecule has 0 saturated carbocycles. The molecule has 0 aliphatic heterocycles. The number of aryl methyl sites for hydroxylation is 1. The lowest BCUT2D eigenvalue weighted by Gasteiger charge is -2.23. The Morgan fingerprint density at radius 2 is 1.72 bits per heavy atom. The van der Waals surface area contributed by atoms with Crippen molar-refractivity contribution in [3.63, 3.8) is 0 Å². The minimum absolute atomic E-state index is 0.0771. The molecule has 7 heteroatoms. The Morgan fingerprint density at radius 1 is 1.06 bits per heavy atom. The summed E-state index contributed by atoms with van der Waals surface area (Å²) in [6, 6.07) is 17.3. The normalized spacial score (nSPS) is 11.6. The zero-order chi connectivity index (χ0) is 23.3. The maximum absolute atomic E-state index is 12.7. The topological polar surface area (TPSA) is 98.3 Å². The van der Waals surface area contributed by atoms with Crippen LogP contribution >= 0.6 is 0 Å². The second kappa shape index (κ2) is 9.96. The van der Waals surface area contributed by atoms with E-state index < -0.39 is 18.5 Å². The van der Waals surface area contributed by atoms with Crippen molar-refractivity contribution >= 4 is 34.2 Å². The van der Waals surface area contributed by atoms with Crippen LogP contribution in [0.1, 0.15) is 25.1 Å². The van der Waals surface area contributed by atoms with Gasteiger partial charge in [0.25, 0.3) is 5.91 Å². The number of hydrogen-bond donors (Lipinski definition) is 3. The zero-order valence-electron chi connectivity index (χ0n) is 18.8. The van der Waals surface area contributed by atoms with E-state index in [0.717, 1.165) is 27.8 Å². The Morgan fingerprint density at radius 3 is 2.41 bits per heavy atom. The van der Waals surface area contributed by atoms with Gasteiger partial charge in [0.1, 0.15) is 0 Å². The quantitative estimate of drug-likeness (QED) is 0.363. The number of aromatic nitrogens is 1. The van der Waals surface area contributed by atoms with Gasteiger partial charge in [-0.05, 0) is 44.5 Å². The minimum Gasteiger partial charge on any atom is -0.455 e. The second-order valence-corrected chi connectivity index (χ2v) is 7.65. The molecule has 7 nitrogen and oxygen atoms in total. The first kappa shape index (κ1) is 22.8. The molecular formula is C25H28N4O3. The van der Waals surface area contributed by atoms with Gasteiger partial charge in [0, 0.05) is 35.0 Å². The van der Waals surface area contributed by atoms with E-state index in [2.05, 4.69) is 10.3 Å². The number of benzene rings is 2. The number of allylic oxidation sites excluding steroid dienone is 2. The smallest absolute Gasteiger partial charge is 0.310 e. The number of para-hydroxylation sites is 2. The van der Waals surface area contributed by atoms with E-state index in [4.69, 9.17) is 10.1 Å². The van der Waals surface area contributed by atoms with E-state index in [1.54, 1.807) is 20.9 Å². The summed E-state index contributed by atoms with van der Waals surface area (Å²) in [5.74, 6) is -0.888. The molecule has 0 unspecified atom stereocenters. The maximum atomic E-state index is 12.7. The summed E-state index contributed by atoms with van der Waals surface area (Å²) in [6.45, 7) is 4.93. The second-order valence-electron chi connectivity index (χ2n) is 7.65. The third-order valence-electron chi connectivity index (χ3n) is 5.23. The lowest BCUT2D eigenvalue weighted by molar-refractivity contribution is -0.150. The summed E-state index contributed by atoms with van der Waals surface area (Å²) in [6.07, 6.45) is 0.0771. The van der Waals surface area contributed by atoms with Gasteiger partial charge in [-0.1, -0.05) is 36.4 Å². The van der Waals surface area contributed by atoms with E-state index in [9.17, 15) is 9.59 Å². The van der Waals surface area contributed by atoms with Crippen molar-refractivity contribution < 1.29 is 14.3 Å². The number of carbonyl (C=O) groups is 2. The monoisotopic (exact) mass is 432 g/mol. The fourth-order valence-electron chi connectivity index (χ4n) is 3.70. The number of likely N-dealkylation sites (N-methyl/N-ethyl adjacent to an activating group) is 1. The van der Waals surface area contributed by atoms with E-state index >= 15 is 0 Å². The SMILES string of the molecule is CC(=N)/C(=C(/C)Nc1ccccc1)N(C)C(=O)COC(=O)Cc1c(C)[nH]c2ccccc12. The van der Waals surface area contributed by atoms with Gasteiger partial charge >= 0.3 is 5.97 Å². The number of anilines is 1. The lowest BCUT2D eigenvalue weighted by atomic mass is 10.1. The highest BCUT2D eigenvalue weighted by atomic mass is 16.5. The number of carbonyl (C=O) groups excluding carboxylic acids is 2. The van der Waals surface area contributed by atoms with E-state index in [1.165, 1.54) is 4.90 Å². The molecule has 0 spiro atoms. The molecule has 32 heavy (non-hydrogen) atoms. The fourth-order valence-corrected chi connectivity index (χ4v) is 3.70. The van der Waals surface area contributed by atoms with Crippen molar-refractivity contribution in [3.05, 3.63) is 77.2 Å². The van der Waals surface area contributed by atoms with Gasteiger partial charge in [-0.2, -0.15) is 0 Å². The molecule has 3 rings (SSSR count). The Hall–Kier alpha value is -3.87. The van der Waals surface area contributed by atoms with Crippen molar-refractivity contribution in [3.8, 4) is 0 Å². The van der Waals surface area contributed by atoms with Crippen LogP contribution in [0.3, 0.4) is 0 Å². The van der Waals surface area contributed by atoms with Crippen molar-refractivity contribution in [2.45, 2.75) is 27.2 Å². The standard InChI is InChI=1S/C25H28N4O3/c1-16(26)25(18(3)27-19-10-6-5-7-11-19)29(4)23(30)15-32-24(31)14-21-17(2)28-22-13-9-8-12-20(21)22/h5-13,26-28H,14-15H2,1-4H3/b25-18+,26-16?. The van der Waals surface area contributed by atoms with Crippen molar-refractivity contribution in [2.24, 2.45) is 0 Å². The number of ether oxygens (including phenoxy) is 1. The first-order valence-corrected chi connectivity index (χ1v) is 10.3. The van der Waals surface area contributed by atoms with Crippen LogP contribution in [0.2, 0.25) is 0 Å². The first-order chi connectivity index (χ1) is 15.3. The number of H-pyrrole nitrogens is 1. The van der Waals surface area contributed by atoms with Crippen LogP contribution in [0.15, 0.2) is 66.0 Å². The van der Waals surface area contributed by atoms with Crippen LogP contribution in [0, 0.1) is 12.3 Å². The van der Waals surface area contributed by atoms with Crippen LogP contribution in [0.25, 0.3) is 10.9 Å². The summed E-state index contributed by atoms with van der Waals surface area (Å²) in [5, 5.41) is 12.3. The van der Waals surface area contributed by atoms with Crippen LogP contribution in [0.4, 0.5) is 5.69 Å². The fraction of sp³-hybridized carbons (Fsp3) is 0.240. The van der Waals surface area contributed by atoms with Gasteiger partial charge in [-0.15, -0.1) is 0 Å². The van der Waals surface area contributed by atoms with Crippen LogP contribution < -0.4 is 5.32 Å². The van der Waals surface area contributed by atoms with Gasteiger partial charge in [0.2, 0.25) is 0 Å². The molecule has 1 amide bonds. The predicted molar refractivity (Wildman–Crippen MR) is 127 cm³/mol. The summed E-state index contributed by atoms with van der Waals surface area (Å²) >= 11 is 0. The van der Waals surface area contributed by atoms with Gasteiger partial charge in [-0.3, -0.25) is 9.59 Å². The molecule has 2 aromatic carbocycles. The molecule has 0 aliphatic rings. The van der Waals surface area contributed by atoms with Crippen LogP contribution in [-0.2, 0) is 20.7 Å². The van der Waals surface area contributed by atoms with Gasteiger partial charge in [0.15, 0.2) is 6.61 Å². The minimum atomic E-state index is -0.476. The van der Waals surface area contributed by atoms with Gasteiger partial charge in [-0.25, -0.2) is 0 Å².